The van der Waals surface area contributed by atoms with Gasteiger partial charge in [0.1, 0.15) is 0 Å². The summed E-state index contributed by atoms with van der Waals surface area (Å²) in [6, 6.07) is 0. The summed E-state index contributed by atoms with van der Waals surface area (Å²) in [7, 11) is 0. The number of hydrogen-bond donors (Lipinski definition) is 1. The van der Waals surface area contributed by atoms with E-state index in [9.17, 15) is 0 Å². The monoisotopic (exact) mass is 242 g/mol. The molecule has 1 aliphatic rings. The molecule has 1 aliphatic heterocycles. The second kappa shape index (κ2) is 7.47. The molecule has 0 aromatic heterocycles. The largest absolute Gasteiger partial charge is 0.375 e. The van der Waals surface area contributed by atoms with Crippen LogP contribution in [0.4, 0.5) is 0 Å². The van der Waals surface area contributed by atoms with Crippen LogP contribution < -0.4 is 5.32 Å². The van der Waals surface area contributed by atoms with Crippen molar-refractivity contribution >= 4 is 0 Å². The summed E-state index contributed by atoms with van der Waals surface area (Å²) in [4.78, 5) is 0. The molecule has 12 heavy (non-hydrogen) atoms. The zero-order valence-corrected chi connectivity index (χ0v) is 11.1. The number of unbranched alkanes of at least 4 members (excludes halogenated alkanes) is 1. The average molecular weight is 242 g/mol. The van der Waals surface area contributed by atoms with Crippen LogP contribution in [0.2, 0.25) is 0 Å². The van der Waals surface area contributed by atoms with Gasteiger partial charge >= 0.3 is 0 Å². The van der Waals surface area contributed by atoms with Crippen molar-refractivity contribution in [2.45, 2.75) is 33.1 Å². The molecule has 0 aromatic carbocycles. The van der Waals surface area contributed by atoms with Gasteiger partial charge in [-0.15, -0.1) is 13.1 Å². The Hall–Kier alpha value is 1.06. The molecule has 0 unspecified atom stereocenters. The fraction of sp³-hybridized carbons (Fsp3) is 0.800. The van der Waals surface area contributed by atoms with Crippen molar-refractivity contribution < 1.29 is 32.7 Å². The van der Waals surface area contributed by atoms with Gasteiger partial charge in [-0.25, -0.2) is 12.8 Å². The van der Waals surface area contributed by atoms with E-state index in [1.54, 1.807) is 5.92 Å². The maximum absolute atomic E-state index is 3.26. The summed E-state index contributed by atoms with van der Waals surface area (Å²) in [5.41, 5.74) is 0. The molecule has 0 bridgehead atoms. The first-order valence-corrected chi connectivity index (χ1v) is 4.65. The summed E-state index contributed by atoms with van der Waals surface area (Å²) in [6.45, 7) is 6.90. The molecular weight excluding hydrogens is 223 g/mol. The van der Waals surface area contributed by atoms with Gasteiger partial charge in [-0.1, -0.05) is 19.8 Å². The van der Waals surface area contributed by atoms with Gasteiger partial charge < -0.3 is 11.7 Å². The van der Waals surface area contributed by atoms with E-state index in [1.807, 2.05) is 0 Å². The van der Waals surface area contributed by atoms with Crippen molar-refractivity contribution in [2.24, 2.45) is 5.92 Å². The Labute approximate surface area is 102 Å². The van der Waals surface area contributed by atoms with Crippen LogP contribution in [0.1, 0.15) is 33.1 Å². The van der Waals surface area contributed by atoms with Gasteiger partial charge in [-0.05, 0) is 0 Å². The molecule has 1 N–H and O–H groups in total. The standard InChI is InChI=1S/C10H19N.Y/c1-9(2)5-3-4-6-10-7-11-8-10;/h3,9,11H,4-8H2,1-2H3;/q-2;. The molecule has 0 atom stereocenters. The molecule has 0 aliphatic carbocycles. The van der Waals surface area contributed by atoms with Crippen molar-refractivity contribution in [3.63, 3.8) is 0 Å². The van der Waals surface area contributed by atoms with E-state index in [4.69, 9.17) is 0 Å². The fourth-order valence-electron chi connectivity index (χ4n) is 1.24. The number of nitrogens with one attached hydrogen (secondary N) is 1. The summed E-state index contributed by atoms with van der Waals surface area (Å²) in [5.74, 6) is 2.53. The predicted molar refractivity (Wildman–Crippen MR) is 49.1 cm³/mol. The third-order valence-corrected chi connectivity index (χ3v) is 2.09. The molecule has 1 saturated heterocycles. The van der Waals surface area contributed by atoms with Crippen molar-refractivity contribution in [3.05, 3.63) is 12.3 Å². The maximum atomic E-state index is 3.26. The van der Waals surface area contributed by atoms with Crippen molar-refractivity contribution in [3.8, 4) is 0 Å². The third-order valence-electron chi connectivity index (χ3n) is 2.09. The maximum Gasteiger partial charge on any atom is 0 e. The second-order valence-corrected chi connectivity index (χ2v) is 3.81. The summed E-state index contributed by atoms with van der Waals surface area (Å²) in [6.07, 6.45) is 6.31. The van der Waals surface area contributed by atoms with E-state index in [1.165, 1.54) is 32.4 Å². The summed E-state index contributed by atoms with van der Waals surface area (Å²) >= 11 is 0. The SMILES string of the molecule is CC(C)C[CH-]CC[C-]1CNC1.[Y]. The van der Waals surface area contributed by atoms with Crippen LogP contribution in [-0.4, -0.2) is 13.1 Å². The van der Waals surface area contributed by atoms with Crippen LogP contribution in [0.25, 0.3) is 0 Å². The molecule has 69 valence electrons. The minimum atomic E-state index is 0. The van der Waals surface area contributed by atoms with Crippen molar-refractivity contribution in [1.29, 1.82) is 0 Å². The van der Waals surface area contributed by atoms with Crippen LogP contribution in [0, 0.1) is 18.3 Å². The first-order valence-electron chi connectivity index (χ1n) is 4.65. The number of hydrogen-bond acceptors (Lipinski definition) is 1. The van der Waals surface area contributed by atoms with E-state index in [2.05, 4.69) is 25.6 Å². The minimum Gasteiger partial charge on any atom is -0.375 e. The van der Waals surface area contributed by atoms with Gasteiger partial charge in [0.05, 0.1) is 0 Å². The van der Waals surface area contributed by atoms with Gasteiger partial charge in [-0.3, -0.25) is 5.92 Å². The van der Waals surface area contributed by atoms with E-state index in [0.29, 0.717) is 0 Å². The Bertz CT molecular complexity index is 100. The normalized spacial score (nSPS) is 17.2. The van der Waals surface area contributed by atoms with E-state index in [0.717, 1.165) is 5.92 Å². The quantitative estimate of drug-likeness (QED) is 0.575. The Morgan fingerprint density at radius 1 is 1.42 bits per heavy atom. The predicted octanol–water partition coefficient (Wildman–Crippen LogP) is 2.19. The van der Waals surface area contributed by atoms with Crippen LogP contribution in [0.3, 0.4) is 0 Å². The molecule has 1 fully saturated rings. The van der Waals surface area contributed by atoms with E-state index < -0.39 is 0 Å². The second-order valence-electron chi connectivity index (χ2n) is 3.81. The fourth-order valence-corrected chi connectivity index (χ4v) is 1.24. The molecule has 1 nitrogen and oxygen atoms in total. The smallest absolute Gasteiger partial charge is 0 e. The molecular formula is C10H19NY-2. The Kier molecular flexibility index (Phi) is 8.13. The Morgan fingerprint density at radius 2 is 2.08 bits per heavy atom. The van der Waals surface area contributed by atoms with Crippen LogP contribution in [-0.2, 0) is 32.7 Å². The van der Waals surface area contributed by atoms with Crippen molar-refractivity contribution in [1.82, 2.24) is 5.32 Å². The summed E-state index contributed by atoms with van der Waals surface area (Å²) < 4.78 is 0. The topological polar surface area (TPSA) is 12.0 Å². The third kappa shape index (κ3) is 5.67. The van der Waals surface area contributed by atoms with Gasteiger partial charge in [0, 0.05) is 32.7 Å². The summed E-state index contributed by atoms with van der Waals surface area (Å²) in [5, 5.41) is 3.26. The van der Waals surface area contributed by atoms with Gasteiger partial charge in [0.2, 0.25) is 0 Å². The Morgan fingerprint density at radius 3 is 2.50 bits per heavy atom. The zero-order chi connectivity index (χ0) is 8.10. The molecule has 0 spiro atoms. The van der Waals surface area contributed by atoms with E-state index in [-0.39, 0.29) is 32.7 Å². The molecule has 0 aromatic rings. The molecule has 2 heteroatoms. The van der Waals surface area contributed by atoms with E-state index >= 15 is 0 Å². The first kappa shape index (κ1) is 13.1. The Balaban J connectivity index is 0.00000121. The molecule has 1 heterocycles. The van der Waals surface area contributed by atoms with Crippen LogP contribution >= 0.6 is 0 Å². The molecule has 1 radical (unpaired) electrons. The number of rotatable bonds is 5. The van der Waals surface area contributed by atoms with Gasteiger partial charge in [0.25, 0.3) is 0 Å². The van der Waals surface area contributed by atoms with Gasteiger partial charge in [0.15, 0.2) is 0 Å². The van der Waals surface area contributed by atoms with Crippen LogP contribution in [0.15, 0.2) is 0 Å². The minimum absolute atomic E-state index is 0. The molecule has 1 rings (SSSR count). The van der Waals surface area contributed by atoms with Crippen molar-refractivity contribution in [2.75, 3.05) is 13.1 Å². The van der Waals surface area contributed by atoms with Gasteiger partial charge in [-0.2, -0.15) is 6.42 Å². The zero-order valence-electron chi connectivity index (χ0n) is 8.27. The average Bonchev–Trinajstić information content (AvgIpc) is 1.82. The molecule has 0 amide bonds. The van der Waals surface area contributed by atoms with Crippen LogP contribution in [0.5, 0.6) is 0 Å². The first-order chi connectivity index (χ1) is 5.29. The molecule has 0 saturated carbocycles.